The van der Waals surface area contributed by atoms with Gasteiger partial charge in [0.25, 0.3) is 0 Å². The third-order valence-electron chi connectivity index (χ3n) is 0. The van der Waals surface area contributed by atoms with Gasteiger partial charge in [-0.2, -0.15) is 0 Å². The summed E-state index contributed by atoms with van der Waals surface area (Å²) in [6, 6.07) is 0. The molecular formula is H4MgNbOPbTi. The zero-order chi connectivity index (χ0) is 2.00. The predicted octanol–water partition coefficient (Wildman–Crippen LogP) is -1.20. The summed E-state index contributed by atoms with van der Waals surface area (Å²) in [5, 5.41) is 0. The molecule has 0 rings (SSSR count). The van der Waals surface area contributed by atoms with Gasteiger partial charge >= 0.3 is 74.1 Å². The van der Waals surface area contributed by atoms with E-state index in [1.807, 2.05) is 0 Å². The Labute approximate surface area is 97.5 Å². The molecule has 3 radical (unpaired) electrons. The van der Waals surface area contributed by atoms with Crippen molar-refractivity contribution in [1.82, 2.24) is 0 Å². The van der Waals surface area contributed by atoms with E-state index < -0.39 is 0 Å². The van der Waals surface area contributed by atoms with Crippen LogP contribution in [-0.2, 0) is 46.1 Å². The summed E-state index contributed by atoms with van der Waals surface area (Å²) >= 11 is 0.750. The molecule has 0 aliphatic rings. The maximum absolute atomic E-state index is 8.25. The summed E-state index contributed by atoms with van der Waals surface area (Å²) in [7, 11) is 0. The van der Waals surface area contributed by atoms with Crippen LogP contribution < -0.4 is 0 Å². The first-order valence-corrected chi connectivity index (χ1v) is 0.842. The average molecular weight is 392 g/mol. The Morgan fingerprint density at radius 3 is 1.40 bits per heavy atom. The van der Waals surface area contributed by atoms with E-state index in [4.69, 9.17) is 3.32 Å². The molecule has 0 aromatic rings. The molecule has 1 nitrogen and oxygen atoms in total. The fourth-order valence-corrected chi connectivity index (χ4v) is 0. The molecule has 0 fully saturated rings. The standard InChI is InChI=1S/Mg.Nb.O.Pb.Ti.4H/q+2;;;;;;;2*-1. The molecule has 25 valence electrons. The molecule has 0 atom stereocenters. The zero-order valence-electron chi connectivity index (χ0n) is 4.77. The SMILES string of the molecule is [H-].[H-].[Mg+2].[Nb].[O]=[Ti].[PbH2]. The first-order valence-electron chi connectivity index (χ1n) is 0.204. The van der Waals surface area contributed by atoms with Crippen molar-refractivity contribution < 1.29 is 49.0 Å². The summed E-state index contributed by atoms with van der Waals surface area (Å²) in [5.41, 5.74) is 0. The minimum absolute atomic E-state index is 0. The van der Waals surface area contributed by atoms with Gasteiger partial charge in [0, 0.05) is 22.4 Å². The Morgan fingerprint density at radius 1 is 1.40 bits per heavy atom. The number of hydrogen-bond acceptors (Lipinski definition) is 1. The van der Waals surface area contributed by atoms with Crippen molar-refractivity contribution in [3.05, 3.63) is 0 Å². The zero-order valence-corrected chi connectivity index (χ0v) is 13.4. The predicted molar refractivity (Wildman–Crippen MR) is 17.2 cm³/mol. The van der Waals surface area contributed by atoms with E-state index in [-0.39, 0.29) is 75.6 Å². The summed E-state index contributed by atoms with van der Waals surface area (Å²) in [4.78, 5) is 0. The van der Waals surface area contributed by atoms with E-state index in [1.165, 1.54) is 0 Å². The Morgan fingerprint density at radius 2 is 1.40 bits per heavy atom. The maximum atomic E-state index is 8.25. The summed E-state index contributed by atoms with van der Waals surface area (Å²) in [5.74, 6) is 0. The van der Waals surface area contributed by atoms with Crippen LogP contribution in [0.2, 0.25) is 0 Å². The fraction of sp³-hybridized carbons (Fsp3) is 0. The quantitative estimate of drug-likeness (QED) is 0.474. The summed E-state index contributed by atoms with van der Waals surface area (Å²) in [6.45, 7) is 0. The summed E-state index contributed by atoms with van der Waals surface area (Å²) in [6.07, 6.45) is 0. The van der Waals surface area contributed by atoms with Crippen molar-refractivity contribution >= 4 is 50.4 Å². The molecule has 0 aliphatic heterocycles. The molecule has 0 saturated carbocycles. The molecule has 0 unspecified atom stereocenters. The monoisotopic (exact) mass is 393 g/mol. The van der Waals surface area contributed by atoms with Crippen LogP contribution in [0.5, 0.6) is 0 Å². The van der Waals surface area contributed by atoms with Gasteiger partial charge in [-0.3, -0.25) is 0 Å². The molecule has 5 heteroatoms. The van der Waals surface area contributed by atoms with Gasteiger partial charge in [0.2, 0.25) is 0 Å². The second-order valence-electron chi connectivity index (χ2n) is 0. The van der Waals surface area contributed by atoms with Gasteiger partial charge in [-0.1, -0.05) is 0 Å². The van der Waals surface area contributed by atoms with Gasteiger partial charge in [0.05, 0.1) is 0 Å². The number of hydrogen-bond donors (Lipinski definition) is 0. The molecular weight excluding hydrogens is 388 g/mol. The molecule has 0 aliphatic carbocycles. The molecule has 5 heavy (non-hydrogen) atoms. The van der Waals surface area contributed by atoms with Gasteiger partial charge in [0.15, 0.2) is 0 Å². The molecule has 0 heterocycles. The van der Waals surface area contributed by atoms with E-state index in [9.17, 15) is 0 Å². The van der Waals surface area contributed by atoms with Crippen molar-refractivity contribution in [3.63, 3.8) is 0 Å². The van der Waals surface area contributed by atoms with E-state index in [1.54, 1.807) is 0 Å². The molecule has 0 aromatic heterocycles. The third-order valence-corrected chi connectivity index (χ3v) is 0. The first-order chi connectivity index (χ1) is 1.00. The van der Waals surface area contributed by atoms with Crippen molar-refractivity contribution in [2.45, 2.75) is 0 Å². The van der Waals surface area contributed by atoms with Crippen LogP contribution in [0, 0.1) is 0 Å². The Bertz CT molecular complexity index is 17.7. The molecule has 0 aromatic carbocycles. The molecule has 0 spiro atoms. The van der Waals surface area contributed by atoms with E-state index in [0.29, 0.717) is 0 Å². The molecule has 0 amide bonds. The van der Waals surface area contributed by atoms with Crippen molar-refractivity contribution in [2.75, 3.05) is 0 Å². The Kier molecular flexibility index (Phi) is 139. The van der Waals surface area contributed by atoms with E-state index >= 15 is 0 Å². The van der Waals surface area contributed by atoms with Crippen LogP contribution in [0.3, 0.4) is 0 Å². The van der Waals surface area contributed by atoms with Gasteiger partial charge in [-0.15, -0.1) is 0 Å². The number of rotatable bonds is 0. The van der Waals surface area contributed by atoms with Gasteiger partial charge in [-0.05, 0) is 0 Å². The second-order valence-corrected chi connectivity index (χ2v) is 0. The topological polar surface area (TPSA) is 17.1 Å². The third kappa shape index (κ3) is 19.6. The Balaban J connectivity index is -0.000000000500. The van der Waals surface area contributed by atoms with Crippen LogP contribution in [0.1, 0.15) is 2.85 Å². The second kappa shape index (κ2) is 28.3. The molecule has 0 N–H and O–H groups in total. The minimum atomic E-state index is 0. The Hall–Kier alpha value is 2.94. The molecule has 0 saturated heterocycles. The van der Waals surface area contributed by atoms with Crippen molar-refractivity contribution in [2.24, 2.45) is 0 Å². The van der Waals surface area contributed by atoms with Crippen LogP contribution >= 0.6 is 0 Å². The normalized spacial score (nSPS) is 0.600. The van der Waals surface area contributed by atoms with Crippen LogP contribution in [-0.4, -0.2) is 50.4 Å². The van der Waals surface area contributed by atoms with Crippen LogP contribution in [0.25, 0.3) is 0 Å². The molecule has 0 bridgehead atoms. The van der Waals surface area contributed by atoms with Gasteiger partial charge in [0.1, 0.15) is 0 Å². The first kappa shape index (κ1) is 24.6. The van der Waals surface area contributed by atoms with Crippen LogP contribution in [0.4, 0.5) is 0 Å². The van der Waals surface area contributed by atoms with Gasteiger partial charge in [-0.25, -0.2) is 0 Å². The summed E-state index contributed by atoms with van der Waals surface area (Å²) < 4.78 is 8.25. The van der Waals surface area contributed by atoms with Gasteiger partial charge < -0.3 is 2.85 Å². The van der Waals surface area contributed by atoms with E-state index in [2.05, 4.69) is 0 Å². The van der Waals surface area contributed by atoms with Crippen molar-refractivity contribution in [3.8, 4) is 0 Å². The van der Waals surface area contributed by atoms with Crippen molar-refractivity contribution in [1.29, 1.82) is 0 Å². The fourth-order valence-electron chi connectivity index (χ4n) is 0. The van der Waals surface area contributed by atoms with E-state index in [0.717, 1.165) is 20.4 Å². The van der Waals surface area contributed by atoms with Crippen LogP contribution in [0.15, 0.2) is 0 Å². The average Bonchev–Trinajstić information content (AvgIpc) is 1.00.